The van der Waals surface area contributed by atoms with Crippen LogP contribution in [0, 0.1) is 0 Å². The summed E-state index contributed by atoms with van der Waals surface area (Å²) in [6.45, 7) is 5.08. The fourth-order valence-electron chi connectivity index (χ4n) is 1.16. The van der Waals surface area contributed by atoms with Gasteiger partial charge in [0.05, 0.1) is 0 Å². The van der Waals surface area contributed by atoms with Gasteiger partial charge >= 0.3 is 11.9 Å². The van der Waals surface area contributed by atoms with Gasteiger partial charge in [-0.3, -0.25) is 14.9 Å². The molecule has 1 heterocycles. The molecule has 1 rings (SSSR count). The fourth-order valence-corrected chi connectivity index (χ4v) is 1.16. The Morgan fingerprint density at radius 1 is 1.50 bits per heavy atom. The first-order valence-electron chi connectivity index (χ1n) is 4.96. The molecule has 0 radical (unpaired) electrons. The monoisotopic (exact) mass is 229 g/mol. The fraction of sp³-hybridized carbons (Fsp3) is 0.700. The average molecular weight is 229 g/mol. The summed E-state index contributed by atoms with van der Waals surface area (Å²) < 4.78 is 9.47. The molecule has 0 aromatic rings. The summed E-state index contributed by atoms with van der Waals surface area (Å²) in [5.74, 6) is -2.17. The third-order valence-electron chi connectivity index (χ3n) is 1.84. The average Bonchev–Trinajstić information content (AvgIpc) is 2.49. The summed E-state index contributed by atoms with van der Waals surface area (Å²) >= 11 is 0. The predicted octanol–water partition coefficient (Wildman–Crippen LogP) is -0.240. The molecule has 16 heavy (non-hydrogen) atoms. The van der Waals surface area contributed by atoms with Crippen molar-refractivity contribution < 1.29 is 23.9 Å². The number of cyclic esters (lactones) is 1. The number of nitrogens with one attached hydrogen (secondary N) is 1. The molecule has 90 valence electrons. The maximum Gasteiger partial charge on any atom is 0.375 e. The van der Waals surface area contributed by atoms with Crippen LogP contribution in [0.25, 0.3) is 0 Å². The van der Waals surface area contributed by atoms with E-state index < -0.39 is 29.4 Å². The summed E-state index contributed by atoms with van der Waals surface area (Å²) in [5.41, 5.74) is -0.712. The molecule has 1 N–H and O–H groups in total. The zero-order chi connectivity index (χ0) is 12.3. The third-order valence-corrected chi connectivity index (χ3v) is 1.84. The Kier molecular flexibility index (Phi) is 3.64. The zero-order valence-corrected chi connectivity index (χ0v) is 9.53. The van der Waals surface area contributed by atoms with E-state index in [2.05, 4.69) is 10.1 Å². The van der Waals surface area contributed by atoms with Gasteiger partial charge in [0.2, 0.25) is 5.78 Å². The molecule has 6 nitrogen and oxygen atoms in total. The van der Waals surface area contributed by atoms with Crippen LogP contribution < -0.4 is 5.32 Å². The lowest BCUT2D eigenvalue weighted by Crippen LogP contribution is -2.35. The van der Waals surface area contributed by atoms with Crippen molar-refractivity contribution in [1.29, 1.82) is 0 Å². The third kappa shape index (κ3) is 3.62. The highest BCUT2D eigenvalue weighted by atomic mass is 16.6. The minimum absolute atomic E-state index is 0.0745. The molecule has 1 saturated heterocycles. The summed E-state index contributed by atoms with van der Waals surface area (Å²) in [4.78, 5) is 33.7. The molecule has 0 aromatic heterocycles. The number of hydrogen-bond acceptors (Lipinski definition) is 6. The first kappa shape index (κ1) is 12.6. The number of ketones is 1. The van der Waals surface area contributed by atoms with Crippen LogP contribution >= 0.6 is 0 Å². The van der Waals surface area contributed by atoms with E-state index in [9.17, 15) is 14.4 Å². The van der Waals surface area contributed by atoms with E-state index in [-0.39, 0.29) is 13.2 Å². The molecular weight excluding hydrogens is 214 g/mol. The smallest absolute Gasteiger partial charge is 0.375 e. The van der Waals surface area contributed by atoms with Gasteiger partial charge in [-0.05, 0) is 20.8 Å². The van der Waals surface area contributed by atoms with Gasteiger partial charge in [-0.15, -0.1) is 0 Å². The predicted molar refractivity (Wildman–Crippen MR) is 53.4 cm³/mol. The Balaban J connectivity index is 2.46. The Labute approximate surface area is 93.3 Å². The van der Waals surface area contributed by atoms with E-state index in [1.807, 2.05) is 0 Å². The number of carbonyl (C=O) groups excluding carboxylic acids is 3. The van der Waals surface area contributed by atoms with Gasteiger partial charge in [-0.1, -0.05) is 0 Å². The molecule has 1 aliphatic heterocycles. The van der Waals surface area contributed by atoms with Crippen LogP contribution in [0.15, 0.2) is 0 Å². The van der Waals surface area contributed by atoms with Crippen molar-refractivity contribution in [3.63, 3.8) is 0 Å². The van der Waals surface area contributed by atoms with Gasteiger partial charge in [-0.2, -0.15) is 0 Å². The second kappa shape index (κ2) is 4.61. The Morgan fingerprint density at radius 2 is 2.12 bits per heavy atom. The number of Topliss-reactive ketones (excluding diaryl/α,β-unsaturated/α-hetero) is 1. The van der Waals surface area contributed by atoms with E-state index in [1.165, 1.54) is 0 Å². The molecule has 1 unspecified atom stereocenters. The maximum absolute atomic E-state index is 11.4. The van der Waals surface area contributed by atoms with Crippen molar-refractivity contribution in [1.82, 2.24) is 5.32 Å². The van der Waals surface area contributed by atoms with Crippen LogP contribution in [0.2, 0.25) is 0 Å². The van der Waals surface area contributed by atoms with Crippen molar-refractivity contribution in [2.75, 3.05) is 6.73 Å². The van der Waals surface area contributed by atoms with E-state index in [1.54, 1.807) is 20.8 Å². The lowest BCUT2D eigenvalue weighted by molar-refractivity contribution is -0.162. The number of rotatable bonds is 3. The largest absolute Gasteiger partial charge is 0.454 e. The van der Waals surface area contributed by atoms with Crippen molar-refractivity contribution in [3.05, 3.63) is 0 Å². The highest BCUT2D eigenvalue weighted by molar-refractivity contribution is 6.34. The lowest BCUT2D eigenvalue weighted by atomic mass is 10.1. The lowest BCUT2D eigenvalue weighted by Gasteiger charge is -2.18. The standard InChI is InChI=1S/C10H15NO5/c1-10(2,3)16-9(14)7(12)4-6-8(13)15-5-11-6/h6,11H,4-5H2,1-3H3. The zero-order valence-electron chi connectivity index (χ0n) is 9.53. The topological polar surface area (TPSA) is 81.7 Å². The van der Waals surface area contributed by atoms with Gasteiger partial charge in [0.1, 0.15) is 18.4 Å². The van der Waals surface area contributed by atoms with Crippen molar-refractivity contribution >= 4 is 17.7 Å². The highest BCUT2D eigenvalue weighted by Crippen LogP contribution is 2.09. The minimum atomic E-state index is -0.922. The van der Waals surface area contributed by atoms with Gasteiger partial charge < -0.3 is 9.47 Å². The Bertz CT molecular complexity index is 318. The van der Waals surface area contributed by atoms with Crippen molar-refractivity contribution in [3.8, 4) is 0 Å². The molecule has 1 fully saturated rings. The van der Waals surface area contributed by atoms with E-state index >= 15 is 0 Å². The maximum atomic E-state index is 11.4. The number of hydrogen-bond donors (Lipinski definition) is 1. The Morgan fingerprint density at radius 3 is 2.56 bits per heavy atom. The highest BCUT2D eigenvalue weighted by Gasteiger charge is 2.32. The SMILES string of the molecule is CC(C)(C)OC(=O)C(=O)CC1NCOC1=O. The summed E-state index contributed by atoms with van der Waals surface area (Å²) in [6, 6.07) is -0.736. The Hall–Kier alpha value is -1.43. The summed E-state index contributed by atoms with van der Waals surface area (Å²) in [6.07, 6.45) is -0.228. The van der Waals surface area contributed by atoms with Crippen LogP contribution in [-0.4, -0.2) is 36.1 Å². The minimum Gasteiger partial charge on any atom is -0.454 e. The first-order chi connectivity index (χ1) is 7.29. The van der Waals surface area contributed by atoms with Crippen LogP contribution in [0.3, 0.4) is 0 Å². The molecule has 0 spiro atoms. The number of ether oxygens (including phenoxy) is 2. The molecule has 0 aliphatic carbocycles. The van der Waals surface area contributed by atoms with Crippen molar-refractivity contribution in [2.24, 2.45) is 0 Å². The second-order valence-corrected chi connectivity index (χ2v) is 4.49. The van der Waals surface area contributed by atoms with E-state index in [0.29, 0.717) is 0 Å². The molecular formula is C10H15NO5. The molecule has 1 aliphatic rings. The van der Waals surface area contributed by atoms with Gasteiger partial charge in [0, 0.05) is 6.42 Å². The molecule has 0 saturated carbocycles. The van der Waals surface area contributed by atoms with Gasteiger partial charge in [0.25, 0.3) is 0 Å². The summed E-state index contributed by atoms with van der Waals surface area (Å²) in [5, 5.41) is 2.65. The van der Waals surface area contributed by atoms with Gasteiger partial charge in [0.15, 0.2) is 0 Å². The number of esters is 2. The molecule has 6 heteroatoms. The van der Waals surface area contributed by atoms with Crippen LogP contribution in [0.5, 0.6) is 0 Å². The molecule has 1 atom stereocenters. The molecule has 0 bridgehead atoms. The molecule has 0 aromatic carbocycles. The van der Waals surface area contributed by atoms with E-state index in [0.717, 1.165) is 0 Å². The normalized spacial score (nSPS) is 20.4. The summed E-state index contributed by atoms with van der Waals surface area (Å²) in [7, 11) is 0. The second-order valence-electron chi connectivity index (χ2n) is 4.49. The number of carbonyl (C=O) groups is 3. The van der Waals surface area contributed by atoms with Crippen LogP contribution in [0.1, 0.15) is 27.2 Å². The molecule has 0 amide bonds. The van der Waals surface area contributed by atoms with E-state index in [4.69, 9.17) is 4.74 Å². The first-order valence-corrected chi connectivity index (χ1v) is 4.96. The van der Waals surface area contributed by atoms with Crippen molar-refractivity contribution in [2.45, 2.75) is 38.8 Å². The van der Waals surface area contributed by atoms with Crippen LogP contribution in [-0.2, 0) is 23.9 Å². The quantitative estimate of drug-likeness (QED) is 0.531. The van der Waals surface area contributed by atoms with Gasteiger partial charge in [-0.25, -0.2) is 4.79 Å². The van der Waals surface area contributed by atoms with Crippen LogP contribution in [0.4, 0.5) is 0 Å².